The maximum atomic E-state index is 12.6. The van der Waals surface area contributed by atoms with E-state index >= 15 is 0 Å². The van der Waals surface area contributed by atoms with Gasteiger partial charge < -0.3 is 14.6 Å². The highest BCUT2D eigenvalue weighted by atomic mass is 19.1. The van der Waals surface area contributed by atoms with Crippen molar-refractivity contribution in [3.8, 4) is 0 Å². The highest BCUT2D eigenvalue weighted by molar-refractivity contribution is 5.20. The van der Waals surface area contributed by atoms with Crippen LogP contribution in [0.4, 0.5) is 4.39 Å². The van der Waals surface area contributed by atoms with Crippen molar-refractivity contribution in [1.82, 2.24) is 4.90 Å². The summed E-state index contributed by atoms with van der Waals surface area (Å²) < 4.78 is 23.5. The number of aliphatic hydroxyl groups excluding tert-OH is 1. The van der Waals surface area contributed by atoms with Crippen molar-refractivity contribution in [2.24, 2.45) is 0 Å². The van der Waals surface area contributed by atoms with Gasteiger partial charge in [0.1, 0.15) is 0 Å². The summed E-state index contributed by atoms with van der Waals surface area (Å²) in [7, 11) is 1.67. The second-order valence-corrected chi connectivity index (χ2v) is 4.90. The quantitative estimate of drug-likeness (QED) is 0.774. The van der Waals surface area contributed by atoms with E-state index in [4.69, 9.17) is 14.6 Å². The molecule has 2 heterocycles. The maximum Gasteiger partial charge on any atom is 0.0872 e. The predicted octanol–water partition coefficient (Wildman–Crippen LogP) is 0.712. The molecule has 0 aromatic heterocycles. The van der Waals surface area contributed by atoms with Gasteiger partial charge in [0.15, 0.2) is 0 Å². The summed E-state index contributed by atoms with van der Waals surface area (Å²) in [5, 5.41) is 8.76. The van der Waals surface area contributed by atoms with Crippen molar-refractivity contribution in [3.05, 3.63) is 11.9 Å². The minimum atomic E-state index is -0.104. The third-order valence-electron chi connectivity index (χ3n) is 3.66. The minimum Gasteiger partial charge on any atom is -0.394 e. The first-order chi connectivity index (χ1) is 8.24. The molecule has 2 rings (SSSR count). The van der Waals surface area contributed by atoms with Gasteiger partial charge in [0.2, 0.25) is 0 Å². The summed E-state index contributed by atoms with van der Waals surface area (Å²) in [6.45, 7) is 2.47. The molecule has 2 fully saturated rings. The topological polar surface area (TPSA) is 41.9 Å². The van der Waals surface area contributed by atoms with E-state index in [1.54, 1.807) is 7.11 Å². The Bertz CT molecular complexity index is 297. The van der Waals surface area contributed by atoms with Gasteiger partial charge in [-0.3, -0.25) is 4.90 Å². The third kappa shape index (κ3) is 2.52. The van der Waals surface area contributed by atoms with Crippen LogP contribution in [-0.4, -0.2) is 61.7 Å². The fourth-order valence-electron chi connectivity index (χ4n) is 3.07. The number of methoxy groups -OCH3 is 1. The van der Waals surface area contributed by atoms with Crippen molar-refractivity contribution in [2.75, 3.05) is 40.0 Å². The first-order valence-corrected chi connectivity index (χ1v) is 5.98. The fraction of sp³-hybridized carbons (Fsp3) is 0.833. The Morgan fingerprint density at radius 3 is 3.12 bits per heavy atom. The highest BCUT2D eigenvalue weighted by Crippen LogP contribution is 2.42. The monoisotopic (exact) mass is 245 g/mol. The lowest BCUT2D eigenvalue weighted by Gasteiger charge is -2.30. The smallest absolute Gasteiger partial charge is 0.0872 e. The average Bonchev–Trinajstić information content (AvgIpc) is 2.79. The number of hydrogen-bond donors (Lipinski definition) is 1. The molecule has 2 atom stereocenters. The first-order valence-electron chi connectivity index (χ1n) is 5.98. The molecular formula is C12H20FNO3. The summed E-state index contributed by atoms with van der Waals surface area (Å²) in [5.41, 5.74) is 0.731. The summed E-state index contributed by atoms with van der Waals surface area (Å²) in [6, 6.07) is 0. The van der Waals surface area contributed by atoms with E-state index in [1.165, 1.54) is 0 Å². The summed E-state index contributed by atoms with van der Waals surface area (Å²) in [5.74, 6) is 0. The lowest BCUT2D eigenvalue weighted by atomic mass is 9.93. The number of aliphatic hydroxyl groups is 1. The van der Waals surface area contributed by atoms with Crippen LogP contribution in [0.1, 0.15) is 12.8 Å². The zero-order valence-corrected chi connectivity index (χ0v) is 10.2. The molecule has 0 amide bonds. The Hall–Kier alpha value is -0.490. The standard InChI is InChI=1S/C12H20FNO3/c1-16-9-12-4-10(6-13)7-14(12)8-11(5-12)17-3-2-15/h6,11,15H,2-5,7-9H2,1H3/b10-6-/t11-,12+/m0/s1. The van der Waals surface area contributed by atoms with E-state index in [1.807, 2.05) is 0 Å². The number of rotatable bonds is 5. The van der Waals surface area contributed by atoms with E-state index in [0.717, 1.165) is 31.3 Å². The lowest BCUT2D eigenvalue weighted by Crippen LogP contribution is -2.42. The Balaban J connectivity index is 2.01. The SMILES string of the molecule is COC[C@]12C/C(=C/F)CN1C[C@@H](OCCO)C2. The van der Waals surface area contributed by atoms with Crippen LogP contribution in [0.2, 0.25) is 0 Å². The fourth-order valence-corrected chi connectivity index (χ4v) is 3.07. The molecule has 0 aliphatic carbocycles. The maximum absolute atomic E-state index is 12.6. The number of hydrogen-bond acceptors (Lipinski definition) is 4. The zero-order valence-electron chi connectivity index (χ0n) is 10.2. The van der Waals surface area contributed by atoms with Crippen molar-refractivity contribution >= 4 is 0 Å². The molecule has 0 bridgehead atoms. The Kier molecular flexibility index (Phi) is 4.14. The lowest BCUT2D eigenvalue weighted by molar-refractivity contribution is 0.0309. The van der Waals surface area contributed by atoms with Crippen LogP contribution in [-0.2, 0) is 9.47 Å². The van der Waals surface area contributed by atoms with Crippen molar-refractivity contribution in [3.63, 3.8) is 0 Å². The molecule has 0 aromatic rings. The van der Waals surface area contributed by atoms with Crippen LogP contribution < -0.4 is 0 Å². The van der Waals surface area contributed by atoms with Gasteiger partial charge in [-0.15, -0.1) is 0 Å². The summed E-state index contributed by atoms with van der Waals surface area (Å²) in [6.07, 6.45) is 2.41. The van der Waals surface area contributed by atoms with Gasteiger partial charge >= 0.3 is 0 Å². The Morgan fingerprint density at radius 2 is 2.47 bits per heavy atom. The van der Waals surface area contributed by atoms with Crippen LogP contribution in [0.5, 0.6) is 0 Å². The number of halogens is 1. The summed E-state index contributed by atoms with van der Waals surface area (Å²) in [4.78, 5) is 2.24. The van der Waals surface area contributed by atoms with Crippen LogP contribution >= 0.6 is 0 Å². The Morgan fingerprint density at radius 1 is 1.65 bits per heavy atom. The molecule has 2 aliphatic heterocycles. The van der Waals surface area contributed by atoms with Crippen LogP contribution in [0.25, 0.3) is 0 Å². The van der Waals surface area contributed by atoms with E-state index < -0.39 is 0 Å². The molecule has 0 saturated carbocycles. The van der Waals surface area contributed by atoms with Crippen LogP contribution in [0.3, 0.4) is 0 Å². The van der Waals surface area contributed by atoms with E-state index in [0.29, 0.717) is 19.8 Å². The predicted molar refractivity (Wildman–Crippen MR) is 61.4 cm³/mol. The van der Waals surface area contributed by atoms with Gasteiger partial charge in [-0.05, 0) is 18.4 Å². The highest BCUT2D eigenvalue weighted by Gasteiger charge is 2.50. The molecule has 0 unspecified atom stereocenters. The van der Waals surface area contributed by atoms with Crippen molar-refractivity contribution in [1.29, 1.82) is 0 Å². The van der Waals surface area contributed by atoms with Crippen molar-refractivity contribution < 1.29 is 19.0 Å². The Labute approximate surface area is 101 Å². The third-order valence-corrected chi connectivity index (χ3v) is 3.66. The van der Waals surface area contributed by atoms with Gasteiger partial charge in [0.25, 0.3) is 0 Å². The molecule has 1 N–H and O–H groups in total. The van der Waals surface area contributed by atoms with Gasteiger partial charge in [-0.2, -0.15) is 0 Å². The van der Waals surface area contributed by atoms with E-state index in [-0.39, 0.29) is 18.2 Å². The van der Waals surface area contributed by atoms with Gasteiger partial charge in [0.05, 0.1) is 37.8 Å². The molecule has 4 nitrogen and oxygen atoms in total. The molecule has 17 heavy (non-hydrogen) atoms. The minimum absolute atomic E-state index is 0.0451. The number of nitrogens with zero attached hydrogens (tertiary/aromatic N) is 1. The van der Waals surface area contributed by atoms with E-state index in [2.05, 4.69) is 4.90 Å². The van der Waals surface area contributed by atoms with Gasteiger partial charge in [-0.1, -0.05) is 0 Å². The average molecular weight is 245 g/mol. The van der Waals surface area contributed by atoms with Crippen LogP contribution in [0, 0.1) is 0 Å². The van der Waals surface area contributed by atoms with Crippen LogP contribution in [0.15, 0.2) is 11.9 Å². The van der Waals surface area contributed by atoms with E-state index in [9.17, 15) is 4.39 Å². The molecule has 0 aromatic carbocycles. The number of fused-ring (bicyclic) bond motifs is 1. The molecule has 5 heteroatoms. The number of ether oxygens (including phenoxy) is 2. The van der Waals surface area contributed by atoms with Gasteiger partial charge in [-0.25, -0.2) is 4.39 Å². The largest absolute Gasteiger partial charge is 0.394 e. The normalized spacial score (nSPS) is 35.7. The molecule has 0 radical (unpaired) electrons. The molecule has 2 saturated heterocycles. The summed E-state index contributed by atoms with van der Waals surface area (Å²) >= 11 is 0. The second-order valence-electron chi connectivity index (χ2n) is 4.90. The molecule has 0 spiro atoms. The van der Waals surface area contributed by atoms with Crippen molar-refractivity contribution in [2.45, 2.75) is 24.5 Å². The van der Waals surface area contributed by atoms with Gasteiger partial charge in [0, 0.05) is 20.2 Å². The first kappa shape index (κ1) is 13.0. The molecular weight excluding hydrogens is 225 g/mol. The molecule has 2 aliphatic rings. The zero-order chi connectivity index (χ0) is 12.3. The molecule has 98 valence electrons. The second kappa shape index (κ2) is 5.44.